The smallest absolute Gasteiger partial charge is 0.326 e. The minimum absolute atomic E-state index is 0.362. The second-order valence-corrected chi connectivity index (χ2v) is 6.73. The van der Waals surface area contributed by atoms with Crippen LogP contribution in [0, 0.1) is 6.92 Å². The van der Waals surface area contributed by atoms with E-state index in [1.54, 1.807) is 16.7 Å². The van der Waals surface area contributed by atoms with Gasteiger partial charge in [-0.05, 0) is 37.1 Å². The van der Waals surface area contributed by atoms with Crippen LogP contribution in [0.3, 0.4) is 0 Å². The fraction of sp³-hybridized carbons (Fsp3) is 0.211. The standard InChI is InChI=1S/C19H18N2O3S/c1-3-14(18(23)24)21-15-10-6-7-11-16(15)25-19(21)20-17(22)13-9-5-4-8-12(13)2/h4-11,14H,3H2,1-2H3,(H,23,24)/b20-19-. The molecule has 6 heteroatoms. The minimum atomic E-state index is -0.934. The van der Waals surface area contributed by atoms with Crippen LogP contribution in [0.1, 0.15) is 35.3 Å². The highest BCUT2D eigenvalue weighted by Gasteiger charge is 2.22. The van der Waals surface area contributed by atoms with Crippen molar-refractivity contribution in [2.75, 3.05) is 0 Å². The molecular weight excluding hydrogens is 336 g/mol. The maximum atomic E-state index is 12.6. The molecular formula is C19H18N2O3S. The normalized spacial score (nSPS) is 13.1. The number of benzene rings is 2. The number of hydrogen-bond acceptors (Lipinski definition) is 3. The number of carboxylic acid groups (broad SMARTS) is 1. The van der Waals surface area contributed by atoms with Crippen molar-refractivity contribution in [3.63, 3.8) is 0 Å². The van der Waals surface area contributed by atoms with Gasteiger partial charge in [0.05, 0.1) is 10.2 Å². The van der Waals surface area contributed by atoms with E-state index in [-0.39, 0.29) is 5.91 Å². The van der Waals surface area contributed by atoms with Crippen molar-refractivity contribution in [2.45, 2.75) is 26.3 Å². The van der Waals surface area contributed by atoms with E-state index in [0.717, 1.165) is 15.8 Å². The van der Waals surface area contributed by atoms with Gasteiger partial charge in [-0.1, -0.05) is 48.6 Å². The predicted octanol–water partition coefficient (Wildman–Crippen LogP) is 3.79. The Hall–Kier alpha value is -2.73. The fourth-order valence-corrected chi connectivity index (χ4v) is 3.87. The topological polar surface area (TPSA) is 71.7 Å². The first-order valence-electron chi connectivity index (χ1n) is 8.00. The van der Waals surface area contributed by atoms with E-state index >= 15 is 0 Å². The Kier molecular flexibility index (Phi) is 4.81. The maximum absolute atomic E-state index is 12.6. The molecule has 0 saturated carbocycles. The van der Waals surface area contributed by atoms with Gasteiger partial charge in [0.2, 0.25) is 0 Å². The fourth-order valence-electron chi connectivity index (χ4n) is 2.80. The molecule has 3 rings (SSSR count). The Morgan fingerprint density at radius 1 is 1.16 bits per heavy atom. The van der Waals surface area contributed by atoms with Crippen LogP contribution >= 0.6 is 11.3 Å². The number of thiazole rings is 1. The molecule has 0 radical (unpaired) electrons. The zero-order valence-electron chi connectivity index (χ0n) is 14.0. The second-order valence-electron chi connectivity index (χ2n) is 5.72. The van der Waals surface area contributed by atoms with Crippen molar-refractivity contribution in [3.05, 3.63) is 64.5 Å². The third-order valence-electron chi connectivity index (χ3n) is 4.09. The predicted molar refractivity (Wildman–Crippen MR) is 97.9 cm³/mol. The molecule has 1 heterocycles. The molecule has 1 unspecified atom stereocenters. The van der Waals surface area contributed by atoms with Crippen LogP contribution in [-0.4, -0.2) is 21.6 Å². The lowest BCUT2D eigenvalue weighted by Crippen LogP contribution is -2.27. The summed E-state index contributed by atoms with van der Waals surface area (Å²) in [5.41, 5.74) is 2.14. The van der Waals surface area contributed by atoms with Crippen molar-refractivity contribution in [3.8, 4) is 0 Å². The molecule has 1 N–H and O–H groups in total. The summed E-state index contributed by atoms with van der Waals surface area (Å²) in [5.74, 6) is -1.30. The third kappa shape index (κ3) is 3.25. The van der Waals surface area contributed by atoms with E-state index in [2.05, 4.69) is 4.99 Å². The van der Waals surface area contributed by atoms with Crippen molar-refractivity contribution >= 4 is 33.4 Å². The lowest BCUT2D eigenvalue weighted by Gasteiger charge is -2.13. The Morgan fingerprint density at radius 3 is 2.52 bits per heavy atom. The largest absolute Gasteiger partial charge is 0.480 e. The number of carbonyl (C=O) groups is 2. The van der Waals surface area contributed by atoms with Gasteiger partial charge in [-0.15, -0.1) is 0 Å². The van der Waals surface area contributed by atoms with Gasteiger partial charge in [-0.25, -0.2) is 4.79 Å². The first-order chi connectivity index (χ1) is 12.0. The van der Waals surface area contributed by atoms with Crippen molar-refractivity contribution in [1.29, 1.82) is 0 Å². The van der Waals surface area contributed by atoms with E-state index < -0.39 is 12.0 Å². The molecule has 128 valence electrons. The summed E-state index contributed by atoms with van der Waals surface area (Å²) in [6, 6.07) is 14.0. The van der Waals surface area contributed by atoms with E-state index in [1.807, 2.05) is 50.2 Å². The number of aromatic nitrogens is 1. The molecule has 5 nitrogen and oxygen atoms in total. The Labute approximate surface area is 148 Å². The van der Waals surface area contributed by atoms with Gasteiger partial charge in [0.15, 0.2) is 4.80 Å². The zero-order valence-corrected chi connectivity index (χ0v) is 14.8. The number of aliphatic carboxylic acids is 1. The third-order valence-corrected chi connectivity index (χ3v) is 5.12. The number of para-hydroxylation sites is 1. The highest BCUT2D eigenvalue weighted by Crippen LogP contribution is 2.22. The van der Waals surface area contributed by atoms with E-state index in [1.165, 1.54) is 11.3 Å². The summed E-state index contributed by atoms with van der Waals surface area (Å²) in [7, 11) is 0. The van der Waals surface area contributed by atoms with Crippen molar-refractivity contribution in [1.82, 2.24) is 4.57 Å². The second kappa shape index (κ2) is 7.03. The van der Waals surface area contributed by atoms with Crippen LogP contribution in [-0.2, 0) is 4.79 Å². The van der Waals surface area contributed by atoms with Gasteiger partial charge in [0, 0.05) is 5.56 Å². The zero-order chi connectivity index (χ0) is 18.0. The summed E-state index contributed by atoms with van der Waals surface area (Å²) in [4.78, 5) is 29.0. The monoisotopic (exact) mass is 354 g/mol. The lowest BCUT2D eigenvalue weighted by molar-refractivity contribution is -0.140. The number of carboxylic acids is 1. The molecule has 3 aromatic rings. The number of amides is 1. The van der Waals surface area contributed by atoms with Gasteiger partial charge >= 0.3 is 5.97 Å². The number of carbonyl (C=O) groups excluding carboxylic acids is 1. The molecule has 0 aliphatic heterocycles. The average molecular weight is 354 g/mol. The first-order valence-corrected chi connectivity index (χ1v) is 8.82. The Bertz CT molecular complexity index is 1020. The van der Waals surface area contributed by atoms with Crippen molar-refractivity contribution in [2.24, 2.45) is 4.99 Å². The summed E-state index contributed by atoms with van der Waals surface area (Å²) in [6.45, 7) is 3.67. The van der Waals surface area contributed by atoms with E-state index in [9.17, 15) is 14.7 Å². The molecule has 0 aliphatic carbocycles. The summed E-state index contributed by atoms with van der Waals surface area (Å²) in [5, 5.41) is 9.58. The molecule has 0 aliphatic rings. The van der Waals surface area contributed by atoms with Crippen LogP contribution in [0.2, 0.25) is 0 Å². The number of fused-ring (bicyclic) bond motifs is 1. The molecule has 25 heavy (non-hydrogen) atoms. The first kappa shape index (κ1) is 17.1. The van der Waals surface area contributed by atoms with Gasteiger partial charge < -0.3 is 9.67 Å². The molecule has 0 bridgehead atoms. The van der Waals surface area contributed by atoms with Gasteiger partial charge in [-0.3, -0.25) is 4.79 Å². The van der Waals surface area contributed by atoms with Crippen LogP contribution < -0.4 is 4.80 Å². The molecule has 1 atom stereocenters. The van der Waals surface area contributed by atoms with Gasteiger partial charge in [-0.2, -0.15) is 4.99 Å². The molecule has 0 spiro atoms. The molecule has 0 saturated heterocycles. The molecule has 1 aromatic heterocycles. The number of hydrogen-bond donors (Lipinski definition) is 1. The van der Waals surface area contributed by atoms with Crippen molar-refractivity contribution < 1.29 is 14.7 Å². The van der Waals surface area contributed by atoms with Crippen LogP contribution in [0.15, 0.2) is 53.5 Å². The maximum Gasteiger partial charge on any atom is 0.326 e. The van der Waals surface area contributed by atoms with E-state index in [0.29, 0.717) is 16.8 Å². The van der Waals surface area contributed by atoms with Crippen LogP contribution in [0.4, 0.5) is 0 Å². The van der Waals surface area contributed by atoms with Crippen LogP contribution in [0.25, 0.3) is 10.2 Å². The minimum Gasteiger partial charge on any atom is -0.480 e. The quantitative estimate of drug-likeness (QED) is 0.775. The summed E-state index contributed by atoms with van der Waals surface area (Å²) in [6.07, 6.45) is 0.405. The number of rotatable bonds is 4. The SMILES string of the molecule is CCC(C(=O)O)n1/c(=N/C(=O)c2ccccc2C)sc2ccccc21. The highest BCUT2D eigenvalue weighted by molar-refractivity contribution is 7.16. The van der Waals surface area contributed by atoms with E-state index in [4.69, 9.17) is 0 Å². The summed E-state index contributed by atoms with van der Waals surface area (Å²) < 4.78 is 2.55. The Morgan fingerprint density at radius 2 is 1.84 bits per heavy atom. The molecule has 0 fully saturated rings. The summed E-state index contributed by atoms with van der Waals surface area (Å²) >= 11 is 1.33. The number of nitrogens with zero attached hydrogens (tertiary/aromatic N) is 2. The lowest BCUT2D eigenvalue weighted by atomic mass is 10.1. The Balaban J connectivity index is 2.23. The van der Waals surface area contributed by atoms with Crippen LogP contribution in [0.5, 0.6) is 0 Å². The molecule has 1 amide bonds. The average Bonchev–Trinajstić information content (AvgIpc) is 2.94. The number of aryl methyl sites for hydroxylation is 1. The highest BCUT2D eigenvalue weighted by atomic mass is 32.1. The molecule has 2 aromatic carbocycles. The van der Waals surface area contributed by atoms with Gasteiger partial charge in [0.25, 0.3) is 5.91 Å². The van der Waals surface area contributed by atoms with Gasteiger partial charge in [0.1, 0.15) is 6.04 Å².